The molecule has 2 aromatic carbocycles. The Morgan fingerprint density at radius 2 is 1.97 bits per heavy atom. The molecule has 1 N–H and O–H groups in total. The van der Waals surface area contributed by atoms with Crippen LogP contribution in [0.4, 0.5) is 5.69 Å². The highest BCUT2D eigenvalue weighted by molar-refractivity contribution is 7.07. The minimum atomic E-state index is -0.459. The highest BCUT2D eigenvalue weighted by Gasteiger charge is 2.13. The molecule has 2 heterocycles. The summed E-state index contributed by atoms with van der Waals surface area (Å²) >= 11 is 1.65. The third-order valence-corrected chi connectivity index (χ3v) is 5.32. The molecule has 29 heavy (non-hydrogen) atoms. The highest BCUT2D eigenvalue weighted by Crippen LogP contribution is 2.20. The van der Waals surface area contributed by atoms with E-state index in [2.05, 4.69) is 26.3 Å². The van der Waals surface area contributed by atoms with Gasteiger partial charge in [0.2, 0.25) is 0 Å². The number of thiophene rings is 1. The molecule has 0 saturated carbocycles. The maximum absolute atomic E-state index is 12.6. The van der Waals surface area contributed by atoms with Crippen molar-refractivity contribution in [2.45, 2.75) is 13.1 Å². The number of H-pyrrole nitrogens is 1. The van der Waals surface area contributed by atoms with Gasteiger partial charge in [0, 0.05) is 12.2 Å². The number of para-hydroxylation sites is 1. The Kier molecular flexibility index (Phi) is 5.39. The van der Waals surface area contributed by atoms with Gasteiger partial charge in [0.05, 0.1) is 30.1 Å². The highest BCUT2D eigenvalue weighted by atomic mass is 32.1. The summed E-state index contributed by atoms with van der Waals surface area (Å²) in [6, 6.07) is 16.8. The average molecular weight is 405 g/mol. The summed E-state index contributed by atoms with van der Waals surface area (Å²) in [6.07, 6.45) is 0. The van der Waals surface area contributed by atoms with Crippen LogP contribution in [0.5, 0.6) is 0 Å². The summed E-state index contributed by atoms with van der Waals surface area (Å²) in [7, 11) is 1.32. The molecule has 146 valence electrons. The van der Waals surface area contributed by atoms with E-state index in [0.29, 0.717) is 35.4 Å². The number of hydrogen-bond donors (Lipinski definition) is 1. The number of fused-ring (bicyclic) bond motifs is 1. The molecular formula is C22H19N3O3S. The second kappa shape index (κ2) is 8.28. The Morgan fingerprint density at radius 1 is 1.14 bits per heavy atom. The lowest BCUT2D eigenvalue weighted by Crippen LogP contribution is -2.25. The van der Waals surface area contributed by atoms with Crippen molar-refractivity contribution in [1.82, 2.24) is 9.97 Å². The molecule has 0 radical (unpaired) electrons. The number of nitrogens with one attached hydrogen (secondary N) is 1. The largest absolute Gasteiger partial charge is 0.465 e. The Balaban J connectivity index is 1.71. The molecule has 7 heteroatoms. The molecule has 0 spiro atoms. The number of anilines is 1. The van der Waals surface area contributed by atoms with E-state index < -0.39 is 5.97 Å². The SMILES string of the molecule is COC(=O)c1ccc2c(=O)[nH]c(CN(Cc3ccsc3)c3ccccc3)nc2c1. The van der Waals surface area contributed by atoms with Crippen LogP contribution in [0.2, 0.25) is 0 Å². The van der Waals surface area contributed by atoms with Crippen LogP contribution in [-0.4, -0.2) is 23.0 Å². The molecule has 2 aromatic heterocycles. The summed E-state index contributed by atoms with van der Waals surface area (Å²) in [5.41, 5.74) is 2.82. The van der Waals surface area contributed by atoms with Crippen molar-refractivity contribution >= 4 is 33.9 Å². The van der Waals surface area contributed by atoms with E-state index in [1.165, 1.54) is 12.7 Å². The van der Waals surface area contributed by atoms with Crippen molar-refractivity contribution in [3.63, 3.8) is 0 Å². The maximum atomic E-state index is 12.6. The number of methoxy groups -OCH3 is 1. The van der Waals surface area contributed by atoms with E-state index in [4.69, 9.17) is 4.74 Å². The molecule has 4 aromatic rings. The van der Waals surface area contributed by atoms with Crippen LogP contribution in [0, 0.1) is 0 Å². The van der Waals surface area contributed by atoms with Crippen LogP contribution in [-0.2, 0) is 17.8 Å². The lowest BCUT2D eigenvalue weighted by Gasteiger charge is -2.24. The molecule has 0 saturated heterocycles. The second-order valence-corrected chi connectivity index (χ2v) is 7.34. The number of carbonyl (C=O) groups excluding carboxylic acids is 1. The Hall–Kier alpha value is -3.45. The monoisotopic (exact) mass is 405 g/mol. The van der Waals surface area contributed by atoms with E-state index in [1.54, 1.807) is 29.5 Å². The van der Waals surface area contributed by atoms with Gasteiger partial charge < -0.3 is 14.6 Å². The predicted octanol–water partition coefficient (Wildman–Crippen LogP) is 3.98. The fraction of sp³-hybridized carbons (Fsp3) is 0.136. The van der Waals surface area contributed by atoms with Crippen molar-refractivity contribution in [3.05, 3.63) is 92.7 Å². The van der Waals surface area contributed by atoms with Gasteiger partial charge in [0.1, 0.15) is 5.82 Å². The van der Waals surface area contributed by atoms with Crippen molar-refractivity contribution in [1.29, 1.82) is 0 Å². The quantitative estimate of drug-likeness (QED) is 0.491. The van der Waals surface area contributed by atoms with E-state index in [0.717, 1.165) is 5.69 Å². The van der Waals surface area contributed by atoms with Crippen molar-refractivity contribution < 1.29 is 9.53 Å². The average Bonchev–Trinajstić information content (AvgIpc) is 3.26. The lowest BCUT2D eigenvalue weighted by atomic mass is 10.1. The predicted molar refractivity (Wildman–Crippen MR) is 114 cm³/mol. The Morgan fingerprint density at radius 3 is 2.69 bits per heavy atom. The van der Waals surface area contributed by atoms with Gasteiger partial charge in [-0.15, -0.1) is 0 Å². The smallest absolute Gasteiger partial charge is 0.337 e. The lowest BCUT2D eigenvalue weighted by molar-refractivity contribution is 0.0601. The first kappa shape index (κ1) is 18.9. The first-order chi connectivity index (χ1) is 14.1. The molecule has 0 aliphatic rings. The number of nitrogens with zero attached hydrogens (tertiary/aromatic N) is 2. The van der Waals surface area contributed by atoms with E-state index in [1.807, 2.05) is 35.7 Å². The number of benzene rings is 2. The van der Waals surface area contributed by atoms with Crippen molar-refractivity contribution in [2.75, 3.05) is 12.0 Å². The number of ether oxygens (including phenoxy) is 1. The zero-order valence-corrected chi connectivity index (χ0v) is 16.6. The maximum Gasteiger partial charge on any atom is 0.337 e. The van der Waals surface area contributed by atoms with Crippen molar-refractivity contribution in [3.8, 4) is 0 Å². The number of rotatable bonds is 6. The molecule has 0 aliphatic carbocycles. The second-order valence-electron chi connectivity index (χ2n) is 6.56. The standard InChI is InChI=1S/C22H19N3O3S/c1-28-22(27)16-7-8-18-19(11-16)23-20(24-21(18)26)13-25(12-15-9-10-29-14-15)17-5-3-2-4-6-17/h2-11,14H,12-13H2,1H3,(H,23,24,26). The van der Waals surface area contributed by atoms with Gasteiger partial charge >= 0.3 is 5.97 Å². The first-order valence-electron chi connectivity index (χ1n) is 9.06. The normalized spacial score (nSPS) is 10.8. The molecule has 0 unspecified atom stereocenters. The minimum absolute atomic E-state index is 0.232. The number of esters is 1. The van der Waals surface area contributed by atoms with E-state index in [9.17, 15) is 9.59 Å². The molecular weight excluding hydrogens is 386 g/mol. The zero-order chi connectivity index (χ0) is 20.2. The van der Waals surface area contributed by atoms with Crippen LogP contribution >= 0.6 is 11.3 Å². The number of aromatic amines is 1. The van der Waals surface area contributed by atoms with E-state index in [-0.39, 0.29) is 5.56 Å². The molecule has 0 atom stereocenters. The molecule has 0 fully saturated rings. The molecule has 0 bridgehead atoms. The van der Waals surface area contributed by atoms with Gasteiger partial charge in [-0.05, 0) is 52.7 Å². The van der Waals surface area contributed by atoms with Crippen LogP contribution in [0.15, 0.2) is 70.2 Å². The number of hydrogen-bond acceptors (Lipinski definition) is 6. The van der Waals surface area contributed by atoms with Gasteiger partial charge in [0.15, 0.2) is 0 Å². The third-order valence-electron chi connectivity index (χ3n) is 4.59. The van der Waals surface area contributed by atoms with Gasteiger partial charge in [-0.3, -0.25) is 4.79 Å². The Labute approximate surface area is 171 Å². The number of aromatic nitrogens is 2. The van der Waals surface area contributed by atoms with Crippen LogP contribution in [0.3, 0.4) is 0 Å². The molecule has 0 amide bonds. The van der Waals surface area contributed by atoms with Gasteiger partial charge in [-0.25, -0.2) is 9.78 Å². The fourth-order valence-electron chi connectivity index (χ4n) is 3.17. The third kappa shape index (κ3) is 4.20. The van der Waals surface area contributed by atoms with Gasteiger partial charge in [-0.2, -0.15) is 11.3 Å². The minimum Gasteiger partial charge on any atom is -0.465 e. The van der Waals surface area contributed by atoms with E-state index >= 15 is 0 Å². The molecule has 0 aliphatic heterocycles. The summed E-state index contributed by atoms with van der Waals surface area (Å²) < 4.78 is 4.77. The summed E-state index contributed by atoms with van der Waals surface area (Å²) in [5.74, 6) is 0.0718. The van der Waals surface area contributed by atoms with Gasteiger partial charge in [0.25, 0.3) is 5.56 Å². The van der Waals surface area contributed by atoms with Crippen LogP contribution < -0.4 is 10.5 Å². The van der Waals surface area contributed by atoms with Crippen LogP contribution in [0.25, 0.3) is 10.9 Å². The molecule has 6 nitrogen and oxygen atoms in total. The Bertz CT molecular complexity index is 1190. The zero-order valence-electron chi connectivity index (χ0n) is 15.8. The summed E-state index contributed by atoms with van der Waals surface area (Å²) in [4.78, 5) is 34.0. The summed E-state index contributed by atoms with van der Waals surface area (Å²) in [6.45, 7) is 1.12. The summed E-state index contributed by atoms with van der Waals surface area (Å²) in [5, 5.41) is 4.59. The fourth-order valence-corrected chi connectivity index (χ4v) is 3.83. The van der Waals surface area contributed by atoms with Crippen molar-refractivity contribution in [2.24, 2.45) is 0 Å². The first-order valence-corrected chi connectivity index (χ1v) is 10.0. The van der Waals surface area contributed by atoms with Gasteiger partial charge in [-0.1, -0.05) is 18.2 Å². The topological polar surface area (TPSA) is 75.3 Å². The van der Waals surface area contributed by atoms with Crippen LogP contribution in [0.1, 0.15) is 21.7 Å². The number of carbonyl (C=O) groups is 1. The molecule has 4 rings (SSSR count).